The van der Waals surface area contributed by atoms with E-state index in [1.165, 1.54) is 10.7 Å². The van der Waals surface area contributed by atoms with Crippen LogP contribution in [0.5, 0.6) is 5.75 Å². The third-order valence-electron chi connectivity index (χ3n) is 3.56. The number of aryl methyl sites for hydroxylation is 2. The molecule has 0 atom stereocenters. The van der Waals surface area contributed by atoms with Gasteiger partial charge in [0.2, 0.25) is 0 Å². The minimum absolute atomic E-state index is 0.0551. The quantitative estimate of drug-likeness (QED) is 0.873. The van der Waals surface area contributed by atoms with E-state index in [4.69, 9.17) is 4.74 Å². The first-order valence-corrected chi connectivity index (χ1v) is 7.48. The number of nitrogens with one attached hydrogen (secondary N) is 1. The van der Waals surface area contributed by atoms with Gasteiger partial charge in [-0.25, -0.2) is 4.68 Å². The fraction of sp³-hybridized carbons (Fsp3) is 0.353. The Morgan fingerprint density at radius 2 is 2.00 bits per heavy atom. The Morgan fingerprint density at radius 1 is 1.22 bits per heavy atom. The molecule has 0 aliphatic rings. The summed E-state index contributed by atoms with van der Waals surface area (Å²) in [6.45, 7) is 6.36. The molecule has 0 saturated heterocycles. The van der Waals surface area contributed by atoms with E-state index >= 15 is 0 Å². The molecule has 0 aliphatic heterocycles. The zero-order valence-corrected chi connectivity index (χ0v) is 13.6. The van der Waals surface area contributed by atoms with Gasteiger partial charge < -0.3 is 10.1 Å². The van der Waals surface area contributed by atoms with E-state index in [1.807, 2.05) is 39.0 Å². The van der Waals surface area contributed by atoms with Crippen LogP contribution < -0.4 is 15.6 Å². The number of hydrogen-bond donors (Lipinski definition) is 1. The van der Waals surface area contributed by atoms with Gasteiger partial charge in [0.15, 0.2) is 6.61 Å². The SMILES string of the molecule is Cc1ccc(=O)n(CCNC(=O)COc2cccc(C)c2C)n1. The van der Waals surface area contributed by atoms with Crippen molar-refractivity contribution in [3.05, 3.63) is 57.5 Å². The Labute approximate surface area is 135 Å². The van der Waals surface area contributed by atoms with Gasteiger partial charge in [0, 0.05) is 12.6 Å². The molecule has 1 amide bonds. The van der Waals surface area contributed by atoms with Gasteiger partial charge in [-0.2, -0.15) is 5.10 Å². The molecule has 0 fully saturated rings. The van der Waals surface area contributed by atoms with Gasteiger partial charge in [-0.15, -0.1) is 0 Å². The van der Waals surface area contributed by atoms with Gasteiger partial charge in [-0.05, 0) is 44.0 Å². The summed E-state index contributed by atoms with van der Waals surface area (Å²) in [5, 5.41) is 6.82. The van der Waals surface area contributed by atoms with Gasteiger partial charge in [0.25, 0.3) is 11.5 Å². The van der Waals surface area contributed by atoms with Crippen molar-refractivity contribution in [1.82, 2.24) is 15.1 Å². The maximum Gasteiger partial charge on any atom is 0.266 e. The molecule has 2 rings (SSSR count). The van der Waals surface area contributed by atoms with Crippen LogP contribution in [0.25, 0.3) is 0 Å². The lowest BCUT2D eigenvalue weighted by Gasteiger charge is -2.11. The topological polar surface area (TPSA) is 73.2 Å². The second kappa shape index (κ2) is 7.58. The molecular weight excluding hydrogens is 294 g/mol. The molecule has 0 unspecified atom stereocenters. The van der Waals surface area contributed by atoms with Crippen LogP contribution in [0.15, 0.2) is 35.1 Å². The predicted molar refractivity (Wildman–Crippen MR) is 87.7 cm³/mol. The second-order valence-corrected chi connectivity index (χ2v) is 5.37. The number of carbonyl (C=O) groups is 1. The second-order valence-electron chi connectivity index (χ2n) is 5.37. The third-order valence-corrected chi connectivity index (χ3v) is 3.56. The Bertz CT molecular complexity index is 753. The highest BCUT2D eigenvalue weighted by Crippen LogP contribution is 2.20. The van der Waals surface area contributed by atoms with Gasteiger partial charge >= 0.3 is 0 Å². The molecule has 1 aromatic carbocycles. The van der Waals surface area contributed by atoms with Crippen molar-refractivity contribution in [2.24, 2.45) is 0 Å². The molecule has 1 N–H and O–H groups in total. The zero-order valence-electron chi connectivity index (χ0n) is 13.6. The van der Waals surface area contributed by atoms with E-state index in [1.54, 1.807) is 6.07 Å². The number of carbonyl (C=O) groups excluding carboxylic acids is 1. The van der Waals surface area contributed by atoms with Crippen LogP contribution in [-0.4, -0.2) is 28.8 Å². The van der Waals surface area contributed by atoms with Crippen molar-refractivity contribution in [2.45, 2.75) is 27.3 Å². The maximum atomic E-state index is 11.8. The highest BCUT2D eigenvalue weighted by atomic mass is 16.5. The first-order valence-electron chi connectivity index (χ1n) is 7.48. The molecule has 0 saturated carbocycles. The number of rotatable bonds is 6. The standard InChI is InChI=1S/C17H21N3O3/c1-12-5-4-6-15(14(12)3)23-11-16(21)18-9-10-20-17(22)8-7-13(2)19-20/h4-8H,9-11H2,1-3H3,(H,18,21). The van der Waals surface area contributed by atoms with Crippen molar-refractivity contribution < 1.29 is 9.53 Å². The maximum absolute atomic E-state index is 11.8. The first kappa shape index (κ1) is 16.7. The third kappa shape index (κ3) is 4.67. The summed E-state index contributed by atoms with van der Waals surface area (Å²) < 4.78 is 6.86. The Kier molecular flexibility index (Phi) is 5.51. The summed E-state index contributed by atoms with van der Waals surface area (Å²) in [4.78, 5) is 23.4. The average molecular weight is 315 g/mol. The lowest BCUT2D eigenvalue weighted by molar-refractivity contribution is -0.123. The van der Waals surface area contributed by atoms with Crippen molar-refractivity contribution in [1.29, 1.82) is 0 Å². The minimum Gasteiger partial charge on any atom is -0.483 e. The molecule has 2 aromatic rings. The van der Waals surface area contributed by atoms with Crippen molar-refractivity contribution in [3.63, 3.8) is 0 Å². The summed E-state index contributed by atoms with van der Waals surface area (Å²) in [6, 6.07) is 8.86. The van der Waals surface area contributed by atoms with Crippen LogP contribution in [-0.2, 0) is 11.3 Å². The molecule has 0 radical (unpaired) electrons. The van der Waals surface area contributed by atoms with E-state index in [-0.39, 0.29) is 18.1 Å². The lowest BCUT2D eigenvalue weighted by Crippen LogP contribution is -2.34. The van der Waals surface area contributed by atoms with E-state index in [2.05, 4.69) is 10.4 Å². The number of ether oxygens (including phenoxy) is 1. The smallest absolute Gasteiger partial charge is 0.266 e. The van der Waals surface area contributed by atoms with E-state index in [9.17, 15) is 9.59 Å². The van der Waals surface area contributed by atoms with Crippen molar-refractivity contribution >= 4 is 5.91 Å². The van der Waals surface area contributed by atoms with E-state index in [0.717, 1.165) is 16.8 Å². The van der Waals surface area contributed by atoms with Crippen LogP contribution in [0.3, 0.4) is 0 Å². The van der Waals surface area contributed by atoms with Crippen LogP contribution in [0.1, 0.15) is 16.8 Å². The molecule has 23 heavy (non-hydrogen) atoms. The predicted octanol–water partition coefficient (Wildman–Crippen LogP) is 1.36. The number of nitrogens with zero attached hydrogens (tertiary/aromatic N) is 2. The number of amides is 1. The molecule has 6 nitrogen and oxygen atoms in total. The molecule has 122 valence electrons. The molecule has 1 aromatic heterocycles. The summed E-state index contributed by atoms with van der Waals surface area (Å²) in [5.74, 6) is 0.475. The first-order chi connectivity index (χ1) is 11.0. The number of hydrogen-bond acceptors (Lipinski definition) is 4. The van der Waals surface area contributed by atoms with Crippen LogP contribution >= 0.6 is 0 Å². The minimum atomic E-state index is -0.230. The molecule has 0 aliphatic carbocycles. The monoisotopic (exact) mass is 315 g/mol. The summed E-state index contributed by atoms with van der Waals surface area (Å²) in [7, 11) is 0. The van der Waals surface area contributed by atoms with Crippen molar-refractivity contribution in [3.8, 4) is 5.75 Å². The highest BCUT2D eigenvalue weighted by Gasteiger charge is 2.06. The zero-order chi connectivity index (χ0) is 16.8. The Balaban J connectivity index is 1.80. The molecule has 0 bridgehead atoms. The van der Waals surface area contributed by atoms with Crippen LogP contribution in [0, 0.1) is 20.8 Å². The summed E-state index contributed by atoms with van der Waals surface area (Å²) >= 11 is 0. The highest BCUT2D eigenvalue weighted by molar-refractivity contribution is 5.77. The van der Waals surface area contributed by atoms with Gasteiger partial charge in [-0.1, -0.05) is 12.1 Å². The van der Waals surface area contributed by atoms with E-state index in [0.29, 0.717) is 18.8 Å². The van der Waals surface area contributed by atoms with Gasteiger partial charge in [0.05, 0.1) is 12.2 Å². The normalized spacial score (nSPS) is 10.4. The largest absolute Gasteiger partial charge is 0.483 e. The molecular formula is C17H21N3O3. The fourth-order valence-corrected chi connectivity index (χ4v) is 2.09. The lowest BCUT2D eigenvalue weighted by atomic mass is 10.1. The van der Waals surface area contributed by atoms with Crippen molar-refractivity contribution in [2.75, 3.05) is 13.2 Å². The van der Waals surface area contributed by atoms with Crippen LogP contribution in [0.4, 0.5) is 0 Å². The van der Waals surface area contributed by atoms with Gasteiger partial charge in [0.1, 0.15) is 5.75 Å². The van der Waals surface area contributed by atoms with Gasteiger partial charge in [-0.3, -0.25) is 9.59 Å². The van der Waals surface area contributed by atoms with E-state index < -0.39 is 0 Å². The number of aromatic nitrogens is 2. The molecule has 0 spiro atoms. The number of benzene rings is 1. The molecule has 1 heterocycles. The summed E-state index contributed by atoms with van der Waals surface area (Å²) in [6.07, 6.45) is 0. The summed E-state index contributed by atoms with van der Waals surface area (Å²) in [5.41, 5.74) is 2.72. The van der Waals surface area contributed by atoms with Crippen LogP contribution in [0.2, 0.25) is 0 Å². The molecule has 6 heteroatoms. The Hall–Kier alpha value is -2.63. The Morgan fingerprint density at radius 3 is 2.78 bits per heavy atom. The fourth-order valence-electron chi connectivity index (χ4n) is 2.09. The average Bonchev–Trinajstić information content (AvgIpc) is 2.52.